The maximum atomic E-state index is 12.6. The smallest absolute Gasteiger partial charge is 0.414 e. The van der Waals surface area contributed by atoms with Gasteiger partial charge in [0.1, 0.15) is 5.60 Å². The highest BCUT2D eigenvalue weighted by atomic mass is 28.4. The third-order valence-electron chi connectivity index (χ3n) is 5.29. The Kier molecular flexibility index (Phi) is 8.52. The van der Waals surface area contributed by atoms with Gasteiger partial charge in [0.05, 0.1) is 5.60 Å². The Balaban J connectivity index is 2.82. The van der Waals surface area contributed by atoms with E-state index in [2.05, 4.69) is 53.4 Å². The number of ketones is 1. The third-order valence-corrected chi connectivity index (χ3v) is 9.93. The van der Waals surface area contributed by atoms with E-state index in [9.17, 15) is 9.59 Å². The van der Waals surface area contributed by atoms with Gasteiger partial charge in [0, 0.05) is 24.7 Å². The molecule has 0 bridgehead atoms. The van der Waals surface area contributed by atoms with E-state index in [4.69, 9.17) is 9.16 Å². The number of nitrogens with zero attached hydrogens (tertiary/aromatic N) is 1. The molecule has 1 amide bonds. The third kappa shape index (κ3) is 8.63. The standard InChI is InChI=1S/C24H41NO4Si/c1-22(2,3)28-21(27)25(19-14-15-20(26)18-19)17-13-11-12-16-24(7,8)29-30(9,10)23(4,5)6/h11,16,18H,13-15,17H2,1-10H3. The Labute approximate surface area is 184 Å². The predicted octanol–water partition coefficient (Wildman–Crippen LogP) is 6.37. The summed E-state index contributed by atoms with van der Waals surface area (Å²) in [5.41, 5.74) is 2.96. The van der Waals surface area contributed by atoms with E-state index >= 15 is 0 Å². The van der Waals surface area contributed by atoms with Crippen molar-refractivity contribution in [3.63, 3.8) is 0 Å². The van der Waals surface area contributed by atoms with Crippen molar-refractivity contribution >= 4 is 20.2 Å². The van der Waals surface area contributed by atoms with Crippen LogP contribution >= 0.6 is 0 Å². The molecule has 1 aliphatic carbocycles. The molecular weight excluding hydrogens is 394 g/mol. The molecule has 1 rings (SSSR count). The molecule has 0 heterocycles. The van der Waals surface area contributed by atoms with Crippen LogP contribution in [0.1, 0.15) is 74.7 Å². The second-order valence-electron chi connectivity index (χ2n) is 11.0. The molecular formula is C24H41NO4Si. The lowest BCUT2D eigenvalue weighted by atomic mass is 10.1. The maximum Gasteiger partial charge on any atom is 0.414 e. The first kappa shape index (κ1) is 26.4. The van der Waals surface area contributed by atoms with Gasteiger partial charge in [-0.3, -0.25) is 9.69 Å². The Hall–Kier alpha value is -1.62. The van der Waals surface area contributed by atoms with Crippen molar-refractivity contribution in [2.24, 2.45) is 0 Å². The molecule has 30 heavy (non-hydrogen) atoms. The van der Waals surface area contributed by atoms with Crippen molar-refractivity contribution in [3.8, 4) is 0 Å². The molecule has 0 aromatic rings. The molecule has 0 aromatic carbocycles. The zero-order valence-corrected chi connectivity index (χ0v) is 21.6. The molecule has 0 aromatic heterocycles. The number of rotatable bonds is 7. The molecule has 6 heteroatoms. The Morgan fingerprint density at radius 1 is 1.13 bits per heavy atom. The first-order valence-electron chi connectivity index (χ1n) is 10.8. The van der Waals surface area contributed by atoms with Crippen LogP contribution in [-0.2, 0) is 14.0 Å². The summed E-state index contributed by atoms with van der Waals surface area (Å²) in [6.07, 6.45) is 6.63. The van der Waals surface area contributed by atoms with E-state index in [0.29, 0.717) is 25.8 Å². The van der Waals surface area contributed by atoms with E-state index < -0.39 is 25.6 Å². The van der Waals surface area contributed by atoms with Gasteiger partial charge in [-0.25, -0.2) is 4.79 Å². The second-order valence-corrected chi connectivity index (χ2v) is 15.7. The first-order chi connectivity index (χ1) is 13.4. The largest absolute Gasteiger partial charge is 0.443 e. The van der Waals surface area contributed by atoms with Gasteiger partial charge in [0.25, 0.3) is 0 Å². The zero-order chi connectivity index (χ0) is 23.4. The van der Waals surface area contributed by atoms with Crippen LogP contribution in [0.3, 0.4) is 0 Å². The van der Waals surface area contributed by atoms with Crippen molar-refractivity contribution in [1.29, 1.82) is 0 Å². The molecule has 1 aliphatic rings. The SMILES string of the molecule is CC(C)(C)OC(=O)N(CCC=C=CC(C)(C)O[Si](C)(C)C(C)(C)C)C1=CC(=O)CC1. The van der Waals surface area contributed by atoms with E-state index in [1.807, 2.05) is 32.9 Å². The first-order valence-corrected chi connectivity index (χ1v) is 13.7. The summed E-state index contributed by atoms with van der Waals surface area (Å²) in [5.74, 6) is 0.0542. The van der Waals surface area contributed by atoms with Crippen LogP contribution in [0.15, 0.2) is 29.7 Å². The molecule has 0 radical (unpaired) electrons. The number of hydrogen-bond acceptors (Lipinski definition) is 4. The van der Waals surface area contributed by atoms with Crippen LogP contribution in [-0.4, -0.2) is 42.8 Å². The van der Waals surface area contributed by atoms with Gasteiger partial charge < -0.3 is 9.16 Å². The minimum atomic E-state index is -1.88. The van der Waals surface area contributed by atoms with Crippen molar-refractivity contribution in [1.82, 2.24) is 4.90 Å². The summed E-state index contributed by atoms with van der Waals surface area (Å²) in [6.45, 7) is 21.2. The van der Waals surface area contributed by atoms with Gasteiger partial charge in [-0.2, -0.15) is 0 Å². The lowest BCUT2D eigenvalue weighted by Gasteiger charge is -2.41. The van der Waals surface area contributed by atoms with Gasteiger partial charge >= 0.3 is 6.09 Å². The highest BCUT2D eigenvalue weighted by molar-refractivity contribution is 6.74. The molecule has 0 saturated carbocycles. The molecule has 170 valence electrons. The molecule has 0 saturated heterocycles. The fourth-order valence-corrected chi connectivity index (χ4v) is 4.52. The molecule has 0 fully saturated rings. The zero-order valence-electron chi connectivity index (χ0n) is 20.6. The molecule has 0 atom stereocenters. The van der Waals surface area contributed by atoms with Gasteiger partial charge in [-0.05, 0) is 77.7 Å². The summed E-state index contributed by atoms with van der Waals surface area (Å²) in [4.78, 5) is 25.8. The molecule has 0 spiro atoms. The van der Waals surface area contributed by atoms with Crippen LogP contribution < -0.4 is 0 Å². The van der Waals surface area contributed by atoms with Crippen molar-refractivity contribution < 1.29 is 18.8 Å². The van der Waals surface area contributed by atoms with Crippen LogP contribution in [0.2, 0.25) is 18.1 Å². The number of amides is 1. The monoisotopic (exact) mass is 435 g/mol. The number of carbonyl (C=O) groups excluding carboxylic acids is 2. The van der Waals surface area contributed by atoms with Crippen molar-refractivity contribution in [2.45, 2.75) is 104 Å². The van der Waals surface area contributed by atoms with E-state index in [-0.39, 0.29) is 10.8 Å². The van der Waals surface area contributed by atoms with Crippen LogP contribution in [0.4, 0.5) is 4.79 Å². The second kappa shape index (κ2) is 9.67. The number of carbonyl (C=O) groups is 2. The van der Waals surface area contributed by atoms with E-state index in [1.54, 1.807) is 11.0 Å². The molecule has 5 nitrogen and oxygen atoms in total. The fourth-order valence-electron chi connectivity index (χ4n) is 2.84. The molecule has 0 unspecified atom stereocenters. The van der Waals surface area contributed by atoms with Crippen LogP contribution in [0, 0.1) is 0 Å². The summed E-state index contributed by atoms with van der Waals surface area (Å²) >= 11 is 0. The summed E-state index contributed by atoms with van der Waals surface area (Å²) < 4.78 is 12.0. The average molecular weight is 436 g/mol. The average Bonchev–Trinajstić information content (AvgIpc) is 2.92. The highest BCUT2D eigenvalue weighted by Gasteiger charge is 2.40. The summed E-state index contributed by atoms with van der Waals surface area (Å²) in [6, 6.07) is 0. The van der Waals surface area contributed by atoms with E-state index in [0.717, 1.165) is 5.70 Å². The minimum Gasteiger partial charge on any atom is -0.443 e. The van der Waals surface area contributed by atoms with Gasteiger partial charge in [-0.15, -0.1) is 5.73 Å². The minimum absolute atomic E-state index is 0.0542. The van der Waals surface area contributed by atoms with Gasteiger partial charge in [0.2, 0.25) is 0 Å². The van der Waals surface area contributed by atoms with Gasteiger partial charge in [-0.1, -0.05) is 20.8 Å². The molecule has 0 aliphatic heterocycles. The lowest BCUT2D eigenvalue weighted by Crippen LogP contribution is -2.46. The normalized spacial score (nSPS) is 15.4. The Morgan fingerprint density at radius 2 is 1.73 bits per heavy atom. The number of hydrogen-bond donors (Lipinski definition) is 0. The number of ether oxygens (including phenoxy) is 1. The van der Waals surface area contributed by atoms with Crippen molar-refractivity contribution in [2.75, 3.05) is 6.54 Å². The van der Waals surface area contributed by atoms with E-state index in [1.165, 1.54) is 0 Å². The van der Waals surface area contributed by atoms with Gasteiger partial charge in [0.15, 0.2) is 14.1 Å². The number of allylic oxidation sites excluding steroid dienone is 2. The predicted molar refractivity (Wildman–Crippen MR) is 125 cm³/mol. The molecule has 0 N–H and O–H groups in total. The Morgan fingerprint density at radius 3 is 2.20 bits per heavy atom. The highest BCUT2D eigenvalue weighted by Crippen LogP contribution is 2.39. The van der Waals surface area contributed by atoms with Crippen molar-refractivity contribution in [3.05, 3.63) is 29.7 Å². The summed E-state index contributed by atoms with van der Waals surface area (Å²) in [7, 11) is -1.88. The van der Waals surface area contributed by atoms with Crippen LogP contribution in [0.25, 0.3) is 0 Å². The maximum absolute atomic E-state index is 12.6. The summed E-state index contributed by atoms with van der Waals surface area (Å²) in [5, 5.41) is 0.141. The lowest BCUT2D eigenvalue weighted by molar-refractivity contribution is -0.114. The van der Waals surface area contributed by atoms with Crippen LogP contribution in [0.5, 0.6) is 0 Å². The topological polar surface area (TPSA) is 55.8 Å². The quantitative estimate of drug-likeness (QED) is 0.344. The fraction of sp³-hybridized carbons (Fsp3) is 0.708. The Bertz CT molecular complexity index is 729.